The van der Waals surface area contributed by atoms with Crippen molar-refractivity contribution < 1.29 is 9.53 Å². The average molecular weight is 351 g/mol. The van der Waals surface area contributed by atoms with Crippen LogP contribution in [0.5, 0.6) is 5.75 Å². The molecule has 1 N–H and O–H groups in total. The second kappa shape index (κ2) is 7.32. The van der Waals surface area contributed by atoms with Crippen molar-refractivity contribution in [3.05, 3.63) is 44.4 Å². The number of aryl methyl sites for hydroxylation is 2. The molecule has 1 aliphatic rings. The first-order valence-corrected chi connectivity index (χ1v) is 8.96. The van der Waals surface area contributed by atoms with E-state index in [1.165, 1.54) is 23.4 Å². The summed E-state index contributed by atoms with van der Waals surface area (Å²) in [5.74, 6) is 0.349. The molecule has 122 valence electrons. The van der Waals surface area contributed by atoms with Gasteiger partial charge in [0.15, 0.2) is 0 Å². The molecule has 0 fully saturated rings. The average Bonchev–Trinajstić information content (AvgIpc) is 2.97. The maximum atomic E-state index is 12.3. The largest absolute Gasteiger partial charge is 0.496 e. The summed E-state index contributed by atoms with van der Waals surface area (Å²) in [5.41, 5.74) is 1.72. The van der Waals surface area contributed by atoms with Crippen molar-refractivity contribution in [2.75, 3.05) is 13.7 Å². The third-order valence-electron chi connectivity index (χ3n) is 3.92. The van der Waals surface area contributed by atoms with Gasteiger partial charge in [0.2, 0.25) is 0 Å². The van der Waals surface area contributed by atoms with Gasteiger partial charge in [-0.3, -0.25) is 4.79 Å². The van der Waals surface area contributed by atoms with Crippen molar-refractivity contribution in [1.29, 1.82) is 0 Å². The molecule has 2 aromatic rings. The summed E-state index contributed by atoms with van der Waals surface area (Å²) in [7, 11) is 1.54. The molecule has 0 saturated heterocycles. The Morgan fingerprint density at radius 1 is 1.39 bits per heavy atom. The molecule has 0 unspecified atom stereocenters. The second-order valence-corrected chi connectivity index (χ2v) is 7.14. The zero-order chi connectivity index (χ0) is 16.2. The van der Waals surface area contributed by atoms with E-state index >= 15 is 0 Å². The number of halogens is 1. The Kier molecular flexibility index (Phi) is 5.18. The molecule has 0 aliphatic heterocycles. The minimum atomic E-state index is -0.175. The summed E-state index contributed by atoms with van der Waals surface area (Å²) < 4.78 is 5.21. The Balaban J connectivity index is 1.59. The first-order chi connectivity index (χ1) is 11.2. The van der Waals surface area contributed by atoms with Crippen LogP contribution in [0.25, 0.3) is 0 Å². The van der Waals surface area contributed by atoms with Crippen LogP contribution in [0.4, 0.5) is 0 Å². The van der Waals surface area contributed by atoms with E-state index < -0.39 is 0 Å². The van der Waals surface area contributed by atoms with Crippen molar-refractivity contribution in [3.8, 4) is 5.75 Å². The zero-order valence-corrected chi connectivity index (χ0v) is 14.6. The van der Waals surface area contributed by atoms with Crippen LogP contribution in [0.1, 0.15) is 38.8 Å². The first-order valence-electron chi connectivity index (χ1n) is 7.76. The SMILES string of the molecule is COc1ccc(Cl)cc1C(=O)NCCc1nc2c(s1)CCCC2. The molecule has 1 aliphatic carbocycles. The zero-order valence-electron chi connectivity index (χ0n) is 13.0. The number of amides is 1. The maximum absolute atomic E-state index is 12.3. The number of methoxy groups -OCH3 is 1. The number of nitrogens with zero attached hydrogens (tertiary/aromatic N) is 1. The predicted molar refractivity (Wildman–Crippen MR) is 92.8 cm³/mol. The minimum Gasteiger partial charge on any atom is -0.496 e. The van der Waals surface area contributed by atoms with Crippen LogP contribution in [0.15, 0.2) is 18.2 Å². The highest BCUT2D eigenvalue weighted by Gasteiger charge is 2.16. The standard InChI is InChI=1S/C17H19ClN2O2S/c1-22-14-7-6-11(18)10-12(14)17(21)19-9-8-16-20-13-4-2-3-5-15(13)23-16/h6-7,10H,2-5,8-9H2,1H3,(H,19,21). The van der Waals surface area contributed by atoms with Crippen molar-refractivity contribution in [1.82, 2.24) is 10.3 Å². The van der Waals surface area contributed by atoms with Gasteiger partial charge in [0.25, 0.3) is 5.91 Å². The number of carbonyl (C=O) groups is 1. The van der Waals surface area contributed by atoms with Crippen molar-refractivity contribution >= 4 is 28.8 Å². The summed E-state index contributed by atoms with van der Waals surface area (Å²) >= 11 is 7.75. The molecule has 1 heterocycles. The van der Waals surface area contributed by atoms with Crippen molar-refractivity contribution in [3.63, 3.8) is 0 Å². The Bertz CT molecular complexity index is 691. The summed E-state index contributed by atoms with van der Waals surface area (Å²) in [6.07, 6.45) is 5.50. The fourth-order valence-corrected chi connectivity index (χ4v) is 4.08. The summed E-state index contributed by atoms with van der Waals surface area (Å²) in [6, 6.07) is 5.03. The number of hydrogen-bond acceptors (Lipinski definition) is 4. The van der Waals surface area contributed by atoms with Gasteiger partial charge in [-0.2, -0.15) is 0 Å². The molecule has 1 aromatic heterocycles. The van der Waals surface area contributed by atoms with E-state index in [2.05, 4.69) is 10.3 Å². The molecule has 1 aromatic carbocycles. The third-order valence-corrected chi connectivity index (χ3v) is 5.37. The number of rotatable bonds is 5. The van der Waals surface area contributed by atoms with E-state index in [4.69, 9.17) is 16.3 Å². The number of ether oxygens (including phenoxy) is 1. The summed E-state index contributed by atoms with van der Waals surface area (Å²) in [5, 5.41) is 4.54. The van der Waals surface area contributed by atoms with E-state index in [9.17, 15) is 4.79 Å². The third kappa shape index (κ3) is 3.85. The normalized spacial score (nSPS) is 13.5. The topological polar surface area (TPSA) is 51.2 Å². The fraction of sp³-hybridized carbons (Fsp3) is 0.412. The molecule has 0 atom stereocenters. The van der Waals surface area contributed by atoms with Gasteiger partial charge < -0.3 is 10.1 Å². The molecule has 1 amide bonds. The quantitative estimate of drug-likeness (QED) is 0.895. The Morgan fingerprint density at radius 2 is 2.22 bits per heavy atom. The lowest BCUT2D eigenvalue weighted by atomic mass is 10.0. The van der Waals surface area contributed by atoms with Gasteiger partial charge >= 0.3 is 0 Å². The molecular weight excluding hydrogens is 332 g/mol. The molecule has 0 bridgehead atoms. The van der Waals surface area contributed by atoms with Crippen LogP contribution in [-0.2, 0) is 19.3 Å². The number of fused-ring (bicyclic) bond motifs is 1. The van der Waals surface area contributed by atoms with Gasteiger partial charge in [-0.05, 0) is 43.9 Å². The Morgan fingerprint density at radius 3 is 3.00 bits per heavy atom. The van der Waals surface area contributed by atoms with Crippen LogP contribution < -0.4 is 10.1 Å². The highest BCUT2D eigenvalue weighted by atomic mass is 35.5. The van der Waals surface area contributed by atoms with E-state index in [1.54, 1.807) is 36.6 Å². The van der Waals surface area contributed by atoms with Crippen molar-refractivity contribution in [2.24, 2.45) is 0 Å². The molecular formula is C17H19ClN2O2S. The highest BCUT2D eigenvalue weighted by Crippen LogP contribution is 2.27. The van der Waals surface area contributed by atoms with Crippen LogP contribution in [0.3, 0.4) is 0 Å². The van der Waals surface area contributed by atoms with E-state index in [0.717, 1.165) is 24.3 Å². The molecule has 6 heteroatoms. The monoisotopic (exact) mass is 350 g/mol. The van der Waals surface area contributed by atoms with Gasteiger partial charge in [0.05, 0.1) is 23.4 Å². The molecule has 0 radical (unpaired) electrons. The van der Waals surface area contributed by atoms with Gasteiger partial charge in [-0.1, -0.05) is 11.6 Å². The minimum absolute atomic E-state index is 0.175. The van der Waals surface area contributed by atoms with Gasteiger partial charge in [-0.15, -0.1) is 11.3 Å². The number of hydrogen-bond donors (Lipinski definition) is 1. The van der Waals surface area contributed by atoms with E-state index in [0.29, 0.717) is 22.9 Å². The number of carbonyl (C=O) groups excluding carboxylic acids is 1. The molecule has 23 heavy (non-hydrogen) atoms. The molecule has 0 saturated carbocycles. The molecule has 0 spiro atoms. The smallest absolute Gasteiger partial charge is 0.255 e. The number of benzene rings is 1. The van der Waals surface area contributed by atoms with Gasteiger partial charge in [-0.25, -0.2) is 4.98 Å². The number of nitrogens with one attached hydrogen (secondary N) is 1. The van der Waals surface area contributed by atoms with Crippen LogP contribution in [-0.4, -0.2) is 24.5 Å². The fourth-order valence-electron chi connectivity index (χ4n) is 2.75. The Hall–Kier alpha value is -1.59. The lowest BCUT2D eigenvalue weighted by Crippen LogP contribution is -2.26. The second-order valence-electron chi connectivity index (χ2n) is 5.54. The van der Waals surface area contributed by atoms with Gasteiger partial charge in [0, 0.05) is 22.9 Å². The van der Waals surface area contributed by atoms with Crippen LogP contribution in [0, 0.1) is 0 Å². The van der Waals surface area contributed by atoms with Crippen molar-refractivity contribution in [2.45, 2.75) is 32.1 Å². The maximum Gasteiger partial charge on any atom is 0.255 e. The van der Waals surface area contributed by atoms with Crippen LogP contribution in [0.2, 0.25) is 5.02 Å². The first kappa shape index (κ1) is 16.3. The lowest BCUT2D eigenvalue weighted by molar-refractivity contribution is 0.0951. The summed E-state index contributed by atoms with van der Waals surface area (Å²) in [4.78, 5) is 18.4. The number of aromatic nitrogens is 1. The molecule has 3 rings (SSSR count). The Labute approximate surface area is 144 Å². The van der Waals surface area contributed by atoms with E-state index in [1.807, 2.05) is 0 Å². The van der Waals surface area contributed by atoms with Gasteiger partial charge in [0.1, 0.15) is 5.75 Å². The lowest BCUT2D eigenvalue weighted by Gasteiger charge is -2.09. The molecule has 4 nitrogen and oxygen atoms in total. The summed E-state index contributed by atoms with van der Waals surface area (Å²) in [6.45, 7) is 0.556. The van der Waals surface area contributed by atoms with E-state index in [-0.39, 0.29) is 5.91 Å². The predicted octanol–water partition coefficient (Wildman–Crippen LogP) is 3.66. The highest BCUT2D eigenvalue weighted by molar-refractivity contribution is 7.11. The number of thiazole rings is 1. The van der Waals surface area contributed by atoms with Crippen LogP contribution >= 0.6 is 22.9 Å².